The Labute approximate surface area is 191 Å². The minimum atomic E-state index is 0.0757. The lowest BCUT2D eigenvalue weighted by molar-refractivity contribution is 0.318. The number of benzene rings is 2. The zero-order valence-electron chi connectivity index (χ0n) is 18.5. The predicted octanol–water partition coefficient (Wildman–Crippen LogP) is 5.09. The van der Waals surface area contributed by atoms with E-state index in [0.717, 1.165) is 32.7 Å². The normalized spacial score (nSPS) is 12.0. The molecule has 0 radical (unpaired) electrons. The average molecular weight is 447 g/mol. The van der Waals surface area contributed by atoms with Crippen LogP contribution in [-0.2, 0) is 7.05 Å². The second kappa shape index (κ2) is 8.92. The molecule has 4 aromatic rings. The number of hydrogen-bond donors (Lipinski definition) is 2. The Morgan fingerprint density at radius 2 is 1.75 bits per heavy atom. The Balaban J connectivity index is 1.81. The minimum Gasteiger partial charge on any atom is -0.409 e. The largest absolute Gasteiger partial charge is 0.409 e. The molecule has 7 nitrogen and oxygen atoms in total. The van der Waals surface area contributed by atoms with Crippen molar-refractivity contribution >= 4 is 17.6 Å². The fourth-order valence-electron chi connectivity index (χ4n) is 3.34. The predicted molar refractivity (Wildman–Crippen MR) is 128 cm³/mol. The van der Waals surface area contributed by atoms with Crippen LogP contribution in [0.3, 0.4) is 0 Å². The molecule has 0 aliphatic rings. The molecule has 164 valence electrons. The van der Waals surface area contributed by atoms with E-state index in [1.54, 1.807) is 11.8 Å². The Morgan fingerprint density at radius 3 is 2.34 bits per heavy atom. The van der Waals surface area contributed by atoms with Crippen LogP contribution in [0, 0.1) is 6.92 Å². The lowest BCUT2D eigenvalue weighted by atomic mass is 10.1. The van der Waals surface area contributed by atoms with E-state index < -0.39 is 0 Å². The van der Waals surface area contributed by atoms with Gasteiger partial charge in [0.2, 0.25) is 0 Å². The van der Waals surface area contributed by atoms with Gasteiger partial charge in [-0.1, -0.05) is 58.9 Å². The summed E-state index contributed by atoms with van der Waals surface area (Å²) in [6, 6.07) is 18.2. The van der Waals surface area contributed by atoms with Crippen molar-refractivity contribution in [2.24, 2.45) is 17.9 Å². The summed E-state index contributed by atoms with van der Waals surface area (Å²) < 4.78 is 4.02. The van der Waals surface area contributed by atoms with Gasteiger partial charge in [-0.3, -0.25) is 4.68 Å². The van der Waals surface area contributed by atoms with E-state index in [1.165, 1.54) is 5.56 Å². The number of amidine groups is 1. The standard InChI is InChI=1S/C24H26N6OS/c1-15(2)30-14-13-20(27-30)23-26-21(17-7-9-18(10-8-17)22(25)28-31)24(29(23)4)32-19-11-5-16(3)6-12-19/h5-15,31H,1-4H3,(H2,25,28). The van der Waals surface area contributed by atoms with Gasteiger partial charge in [0, 0.05) is 35.3 Å². The van der Waals surface area contributed by atoms with Crippen LogP contribution in [0.25, 0.3) is 22.8 Å². The first-order valence-corrected chi connectivity index (χ1v) is 11.1. The van der Waals surface area contributed by atoms with Crippen molar-refractivity contribution in [1.82, 2.24) is 19.3 Å². The first kappa shape index (κ1) is 21.7. The molecule has 0 unspecified atom stereocenters. The first-order valence-electron chi connectivity index (χ1n) is 10.3. The Morgan fingerprint density at radius 1 is 1.06 bits per heavy atom. The lowest BCUT2D eigenvalue weighted by Gasteiger charge is -2.08. The molecule has 32 heavy (non-hydrogen) atoms. The molecule has 2 aromatic carbocycles. The number of nitrogens with zero attached hydrogens (tertiary/aromatic N) is 5. The molecular weight excluding hydrogens is 420 g/mol. The molecule has 0 saturated carbocycles. The Hall–Kier alpha value is -3.52. The van der Waals surface area contributed by atoms with Crippen LogP contribution in [0.15, 0.2) is 75.9 Å². The van der Waals surface area contributed by atoms with Crippen molar-refractivity contribution in [3.05, 3.63) is 71.9 Å². The van der Waals surface area contributed by atoms with Gasteiger partial charge in [0.05, 0.1) is 0 Å². The van der Waals surface area contributed by atoms with Crippen LogP contribution in [0.5, 0.6) is 0 Å². The molecule has 0 atom stereocenters. The summed E-state index contributed by atoms with van der Waals surface area (Å²) in [5.41, 5.74) is 10.2. The molecule has 3 N–H and O–H groups in total. The maximum Gasteiger partial charge on any atom is 0.170 e. The third kappa shape index (κ3) is 4.27. The van der Waals surface area contributed by atoms with E-state index >= 15 is 0 Å². The third-order valence-corrected chi connectivity index (χ3v) is 6.37. The SMILES string of the molecule is Cc1ccc(Sc2c(-c3ccc(/C(N)=N\O)cc3)nc(-c3ccn(C(C)C)n3)n2C)cc1. The van der Waals surface area contributed by atoms with Gasteiger partial charge >= 0.3 is 0 Å². The molecule has 2 aromatic heterocycles. The number of rotatable bonds is 6. The smallest absolute Gasteiger partial charge is 0.170 e. The van der Waals surface area contributed by atoms with Gasteiger partial charge in [-0.15, -0.1) is 0 Å². The van der Waals surface area contributed by atoms with Crippen LogP contribution < -0.4 is 5.73 Å². The zero-order chi connectivity index (χ0) is 22.8. The maximum absolute atomic E-state index is 8.94. The van der Waals surface area contributed by atoms with E-state index in [2.05, 4.69) is 54.8 Å². The van der Waals surface area contributed by atoms with Gasteiger partial charge < -0.3 is 15.5 Å². The van der Waals surface area contributed by atoms with Crippen LogP contribution in [0.1, 0.15) is 31.0 Å². The molecule has 0 aliphatic heterocycles. The van der Waals surface area contributed by atoms with Crippen molar-refractivity contribution in [3.8, 4) is 22.8 Å². The summed E-state index contributed by atoms with van der Waals surface area (Å²) in [6.45, 7) is 6.28. The fraction of sp³-hybridized carbons (Fsp3) is 0.208. The van der Waals surface area contributed by atoms with E-state index in [0.29, 0.717) is 5.56 Å². The summed E-state index contributed by atoms with van der Waals surface area (Å²) in [7, 11) is 2.02. The van der Waals surface area contributed by atoms with Crippen molar-refractivity contribution in [3.63, 3.8) is 0 Å². The average Bonchev–Trinajstić information content (AvgIpc) is 3.40. The molecular formula is C24H26N6OS. The molecule has 0 aliphatic carbocycles. The van der Waals surface area contributed by atoms with Crippen LogP contribution >= 0.6 is 11.8 Å². The van der Waals surface area contributed by atoms with E-state index in [9.17, 15) is 0 Å². The van der Waals surface area contributed by atoms with Crippen LogP contribution in [0.4, 0.5) is 0 Å². The maximum atomic E-state index is 8.94. The summed E-state index contributed by atoms with van der Waals surface area (Å²) in [5, 5.41) is 17.8. The highest BCUT2D eigenvalue weighted by Crippen LogP contribution is 2.38. The molecule has 0 bridgehead atoms. The lowest BCUT2D eigenvalue weighted by Crippen LogP contribution is -2.12. The van der Waals surface area contributed by atoms with Crippen molar-refractivity contribution in [1.29, 1.82) is 0 Å². The second-order valence-corrected chi connectivity index (χ2v) is 8.96. The van der Waals surface area contributed by atoms with Crippen LogP contribution in [0.2, 0.25) is 0 Å². The molecule has 8 heteroatoms. The summed E-state index contributed by atoms with van der Waals surface area (Å²) in [5.74, 6) is 0.876. The highest BCUT2D eigenvalue weighted by atomic mass is 32.2. The van der Waals surface area contributed by atoms with E-state index in [4.69, 9.17) is 21.0 Å². The van der Waals surface area contributed by atoms with Crippen molar-refractivity contribution < 1.29 is 5.21 Å². The van der Waals surface area contributed by atoms with Crippen molar-refractivity contribution in [2.75, 3.05) is 0 Å². The monoisotopic (exact) mass is 446 g/mol. The second-order valence-electron chi connectivity index (χ2n) is 7.90. The minimum absolute atomic E-state index is 0.0757. The summed E-state index contributed by atoms with van der Waals surface area (Å²) in [4.78, 5) is 6.12. The number of aromatic nitrogens is 4. The molecule has 0 saturated heterocycles. The highest BCUT2D eigenvalue weighted by molar-refractivity contribution is 7.99. The molecule has 2 heterocycles. The molecule has 0 fully saturated rings. The topological polar surface area (TPSA) is 94.2 Å². The Kier molecular flexibility index (Phi) is 6.05. The number of aryl methyl sites for hydroxylation is 1. The summed E-state index contributed by atoms with van der Waals surface area (Å²) in [6.07, 6.45) is 1.98. The molecule has 0 spiro atoms. The van der Waals surface area contributed by atoms with Gasteiger partial charge in [0.25, 0.3) is 0 Å². The summed E-state index contributed by atoms with van der Waals surface area (Å²) >= 11 is 1.67. The van der Waals surface area contributed by atoms with E-state index in [1.807, 2.05) is 48.3 Å². The number of hydrogen-bond acceptors (Lipinski definition) is 5. The first-order chi connectivity index (χ1) is 15.4. The quantitative estimate of drug-likeness (QED) is 0.186. The molecule has 0 amide bonds. The zero-order valence-corrected chi connectivity index (χ0v) is 19.3. The van der Waals surface area contributed by atoms with Crippen molar-refractivity contribution in [2.45, 2.75) is 36.7 Å². The van der Waals surface area contributed by atoms with Gasteiger partial charge in [-0.25, -0.2) is 4.98 Å². The van der Waals surface area contributed by atoms with Gasteiger partial charge in [0.1, 0.15) is 16.4 Å². The van der Waals surface area contributed by atoms with Gasteiger partial charge in [-0.05, 0) is 39.0 Å². The fourth-order valence-corrected chi connectivity index (χ4v) is 4.32. The van der Waals surface area contributed by atoms with Gasteiger partial charge in [-0.2, -0.15) is 5.10 Å². The van der Waals surface area contributed by atoms with Gasteiger partial charge in [0.15, 0.2) is 11.7 Å². The molecule has 4 rings (SSSR count). The van der Waals surface area contributed by atoms with E-state index in [-0.39, 0.29) is 11.9 Å². The Bertz CT molecular complexity index is 1250. The third-order valence-electron chi connectivity index (χ3n) is 5.21. The number of nitrogens with two attached hydrogens (primary N) is 1. The highest BCUT2D eigenvalue weighted by Gasteiger charge is 2.20. The number of imidazole rings is 1. The van der Waals surface area contributed by atoms with Crippen LogP contribution in [-0.4, -0.2) is 30.4 Å². The number of oxime groups is 1.